The van der Waals surface area contributed by atoms with Crippen molar-refractivity contribution in [2.24, 2.45) is 0 Å². The number of rotatable bonds is 3. The van der Waals surface area contributed by atoms with Gasteiger partial charge in [0.1, 0.15) is 18.1 Å². The number of anilines is 1. The average molecular weight is 379 g/mol. The Morgan fingerprint density at radius 1 is 1.29 bits per heavy atom. The highest BCUT2D eigenvalue weighted by molar-refractivity contribution is 5.74. The van der Waals surface area contributed by atoms with E-state index in [0.29, 0.717) is 35.2 Å². The van der Waals surface area contributed by atoms with Gasteiger partial charge in [-0.1, -0.05) is 6.92 Å². The van der Waals surface area contributed by atoms with Gasteiger partial charge in [0.2, 0.25) is 0 Å². The van der Waals surface area contributed by atoms with Crippen LogP contribution in [0.2, 0.25) is 0 Å². The molecule has 1 saturated heterocycles. The molecule has 1 aromatic carbocycles. The second-order valence-corrected chi connectivity index (χ2v) is 7.45. The number of aromatic nitrogens is 2. The van der Waals surface area contributed by atoms with E-state index in [1.807, 2.05) is 13.0 Å². The Morgan fingerprint density at radius 2 is 2.14 bits per heavy atom. The Bertz CT molecular complexity index is 900. The van der Waals surface area contributed by atoms with Crippen LogP contribution in [0.5, 0.6) is 11.5 Å². The fraction of sp³-hybridized carbons (Fsp3) is 0.476. The average Bonchev–Trinajstić information content (AvgIpc) is 2.72. The molecule has 2 aliphatic rings. The predicted molar refractivity (Wildman–Crippen MR) is 107 cm³/mol. The van der Waals surface area contributed by atoms with Gasteiger partial charge in [-0.3, -0.25) is 0 Å². The van der Waals surface area contributed by atoms with Gasteiger partial charge in [-0.2, -0.15) is 5.26 Å². The molecule has 2 aliphatic heterocycles. The van der Waals surface area contributed by atoms with E-state index in [4.69, 9.17) is 10.00 Å². The van der Waals surface area contributed by atoms with Gasteiger partial charge in [0.05, 0.1) is 18.2 Å². The van der Waals surface area contributed by atoms with Crippen LogP contribution in [-0.4, -0.2) is 59.0 Å². The van der Waals surface area contributed by atoms with E-state index < -0.39 is 0 Å². The second-order valence-electron chi connectivity index (χ2n) is 7.45. The maximum Gasteiger partial charge on any atom is 0.194 e. The van der Waals surface area contributed by atoms with Gasteiger partial charge in [0.25, 0.3) is 0 Å². The first-order valence-corrected chi connectivity index (χ1v) is 9.84. The Kier molecular flexibility index (Phi) is 5.05. The molecule has 1 aromatic heterocycles. The second kappa shape index (κ2) is 7.64. The van der Waals surface area contributed by atoms with Gasteiger partial charge < -0.3 is 19.6 Å². The molecule has 7 heteroatoms. The molecule has 1 N–H and O–H groups in total. The molecule has 0 aliphatic carbocycles. The van der Waals surface area contributed by atoms with Crippen LogP contribution in [-0.2, 0) is 0 Å². The zero-order valence-corrected chi connectivity index (χ0v) is 16.4. The van der Waals surface area contributed by atoms with Crippen molar-refractivity contribution in [1.29, 1.82) is 5.26 Å². The number of phenolic OH excluding ortho intramolecular Hbond substituents is 1. The maximum atomic E-state index is 10.4. The van der Waals surface area contributed by atoms with Gasteiger partial charge in [0, 0.05) is 24.2 Å². The minimum atomic E-state index is 0.0318. The van der Waals surface area contributed by atoms with Crippen LogP contribution >= 0.6 is 0 Å². The molecule has 0 bridgehead atoms. The van der Waals surface area contributed by atoms with E-state index in [1.54, 1.807) is 6.07 Å². The SMILES string of the molecule is CCN1CCC[C@@H](N2CCOc3cc(-c4c(C)cc(C#N)cc4O)nnc32)C1. The van der Waals surface area contributed by atoms with Crippen LogP contribution in [0.3, 0.4) is 0 Å². The molecule has 0 radical (unpaired) electrons. The molecular weight excluding hydrogens is 354 g/mol. The third-order valence-corrected chi connectivity index (χ3v) is 5.67. The number of hydrogen-bond acceptors (Lipinski definition) is 7. The summed E-state index contributed by atoms with van der Waals surface area (Å²) in [4.78, 5) is 4.80. The van der Waals surface area contributed by atoms with Crippen molar-refractivity contribution in [2.75, 3.05) is 37.7 Å². The summed E-state index contributed by atoms with van der Waals surface area (Å²) in [6.45, 7) is 8.74. The molecule has 0 unspecified atom stereocenters. The van der Waals surface area contributed by atoms with Crippen LogP contribution in [0.25, 0.3) is 11.3 Å². The number of nitrogens with zero attached hydrogens (tertiary/aromatic N) is 5. The Labute approximate surface area is 165 Å². The highest BCUT2D eigenvalue weighted by Gasteiger charge is 2.31. The van der Waals surface area contributed by atoms with Crippen molar-refractivity contribution >= 4 is 5.82 Å². The number of aromatic hydroxyl groups is 1. The lowest BCUT2D eigenvalue weighted by Gasteiger charge is -2.41. The standard InChI is InChI=1S/C21H25N5O2/c1-3-25-6-4-5-16(13-25)26-7-8-28-19-11-17(23-24-21(19)26)20-14(2)9-15(12-22)10-18(20)27/h9-11,16,27H,3-8,13H2,1-2H3/t16-/m1/s1. The molecule has 0 saturated carbocycles. The smallest absolute Gasteiger partial charge is 0.194 e. The summed E-state index contributed by atoms with van der Waals surface area (Å²) < 4.78 is 5.89. The summed E-state index contributed by atoms with van der Waals surface area (Å²) in [5, 5.41) is 28.4. The fourth-order valence-electron chi connectivity index (χ4n) is 4.25. The highest BCUT2D eigenvalue weighted by Crippen LogP contribution is 2.38. The van der Waals surface area contributed by atoms with Gasteiger partial charge in [-0.15, -0.1) is 10.2 Å². The van der Waals surface area contributed by atoms with Crippen molar-refractivity contribution < 1.29 is 9.84 Å². The minimum absolute atomic E-state index is 0.0318. The van der Waals surface area contributed by atoms with E-state index in [9.17, 15) is 5.11 Å². The molecule has 4 rings (SSSR count). The molecule has 7 nitrogen and oxygen atoms in total. The number of benzene rings is 1. The molecule has 146 valence electrons. The van der Waals surface area contributed by atoms with Gasteiger partial charge in [0.15, 0.2) is 11.6 Å². The van der Waals surface area contributed by atoms with E-state index in [0.717, 1.165) is 44.0 Å². The van der Waals surface area contributed by atoms with Crippen LogP contribution in [0.1, 0.15) is 30.9 Å². The summed E-state index contributed by atoms with van der Waals surface area (Å²) >= 11 is 0. The van der Waals surface area contributed by atoms with Gasteiger partial charge >= 0.3 is 0 Å². The van der Waals surface area contributed by atoms with Gasteiger partial charge in [-0.25, -0.2) is 0 Å². The number of likely N-dealkylation sites (N-methyl/N-ethyl adjacent to an activating group) is 1. The van der Waals surface area contributed by atoms with Crippen molar-refractivity contribution in [3.63, 3.8) is 0 Å². The molecule has 0 spiro atoms. The van der Waals surface area contributed by atoms with E-state index in [-0.39, 0.29) is 5.75 Å². The van der Waals surface area contributed by atoms with Crippen molar-refractivity contribution in [3.8, 4) is 28.8 Å². The molecule has 2 aromatic rings. The number of piperidine rings is 1. The molecule has 3 heterocycles. The fourth-order valence-corrected chi connectivity index (χ4v) is 4.25. The normalized spacial score (nSPS) is 19.6. The Balaban J connectivity index is 1.67. The minimum Gasteiger partial charge on any atom is -0.507 e. The number of phenols is 1. The topological polar surface area (TPSA) is 85.5 Å². The number of ether oxygens (including phenoxy) is 1. The third-order valence-electron chi connectivity index (χ3n) is 5.67. The number of fused-ring (bicyclic) bond motifs is 1. The summed E-state index contributed by atoms with van der Waals surface area (Å²) in [5.74, 6) is 1.51. The molecule has 0 amide bonds. The largest absolute Gasteiger partial charge is 0.507 e. The summed E-state index contributed by atoms with van der Waals surface area (Å²) in [7, 11) is 0. The molecule has 28 heavy (non-hydrogen) atoms. The number of hydrogen-bond donors (Lipinski definition) is 1. The van der Waals surface area contributed by atoms with Crippen molar-refractivity contribution in [1.82, 2.24) is 15.1 Å². The summed E-state index contributed by atoms with van der Waals surface area (Å²) in [6.07, 6.45) is 2.34. The first kappa shape index (κ1) is 18.5. The lowest BCUT2D eigenvalue weighted by molar-refractivity contribution is 0.202. The molecule has 1 atom stereocenters. The zero-order valence-electron chi connectivity index (χ0n) is 16.4. The van der Waals surface area contributed by atoms with Crippen molar-refractivity contribution in [3.05, 3.63) is 29.3 Å². The predicted octanol–water partition coefficient (Wildman–Crippen LogP) is 2.71. The Hall–Kier alpha value is -2.85. The zero-order chi connectivity index (χ0) is 19.7. The van der Waals surface area contributed by atoms with Crippen LogP contribution < -0.4 is 9.64 Å². The monoisotopic (exact) mass is 379 g/mol. The van der Waals surface area contributed by atoms with E-state index in [1.165, 1.54) is 12.5 Å². The number of likely N-dealkylation sites (tertiary alicyclic amines) is 1. The lowest BCUT2D eigenvalue weighted by atomic mass is 10.0. The lowest BCUT2D eigenvalue weighted by Crippen LogP contribution is -2.50. The quantitative estimate of drug-likeness (QED) is 0.877. The van der Waals surface area contributed by atoms with Crippen LogP contribution in [0, 0.1) is 18.3 Å². The Morgan fingerprint density at radius 3 is 2.89 bits per heavy atom. The van der Waals surface area contributed by atoms with Crippen LogP contribution in [0.15, 0.2) is 18.2 Å². The van der Waals surface area contributed by atoms with E-state index >= 15 is 0 Å². The number of aryl methyl sites for hydroxylation is 1. The summed E-state index contributed by atoms with van der Waals surface area (Å²) in [5.41, 5.74) is 2.35. The molecule has 1 fully saturated rings. The van der Waals surface area contributed by atoms with Crippen LogP contribution in [0.4, 0.5) is 5.82 Å². The summed E-state index contributed by atoms with van der Waals surface area (Å²) in [6, 6.07) is 7.52. The van der Waals surface area contributed by atoms with Gasteiger partial charge in [-0.05, 0) is 50.6 Å². The maximum absolute atomic E-state index is 10.4. The number of nitriles is 1. The third kappa shape index (κ3) is 3.36. The molecular formula is C21H25N5O2. The first-order chi connectivity index (χ1) is 13.6. The highest BCUT2D eigenvalue weighted by atomic mass is 16.5. The first-order valence-electron chi connectivity index (χ1n) is 9.84. The van der Waals surface area contributed by atoms with Crippen molar-refractivity contribution in [2.45, 2.75) is 32.7 Å². The van der Waals surface area contributed by atoms with E-state index in [2.05, 4.69) is 33.0 Å².